The number of H-pyrrole nitrogens is 1. The van der Waals surface area contributed by atoms with Crippen molar-refractivity contribution in [3.05, 3.63) is 53.6 Å². The largest absolute Gasteiger partial charge is 0.478 e. The number of carbonyl (C=O) groups is 1. The van der Waals surface area contributed by atoms with E-state index in [-0.39, 0.29) is 0 Å². The number of hydrogen-bond acceptors (Lipinski definition) is 3. The highest BCUT2D eigenvalue weighted by atomic mass is 16.4. The van der Waals surface area contributed by atoms with E-state index in [9.17, 15) is 4.79 Å². The molecule has 1 saturated heterocycles. The maximum atomic E-state index is 11.0. The second kappa shape index (κ2) is 6.10. The van der Waals surface area contributed by atoms with Crippen LogP contribution < -0.4 is 0 Å². The number of aromatic carboxylic acids is 1. The molecule has 2 heterocycles. The van der Waals surface area contributed by atoms with Crippen molar-refractivity contribution in [1.82, 2.24) is 14.9 Å². The third kappa shape index (κ3) is 3.49. The molecule has 3 rings (SSSR count). The number of carboxylic acid groups (broad SMARTS) is 1. The predicted molar refractivity (Wildman–Crippen MR) is 79.1 cm³/mol. The molecule has 0 aliphatic carbocycles. The van der Waals surface area contributed by atoms with Gasteiger partial charge in [-0.05, 0) is 43.0 Å². The SMILES string of the molecule is O=C(O)c1cccc(CC2CCN(Cc3ncc[nH]3)C2)c1. The van der Waals surface area contributed by atoms with Gasteiger partial charge in [-0.25, -0.2) is 9.78 Å². The van der Waals surface area contributed by atoms with E-state index in [1.54, 1.807) is 18.3 Å². The van der Waals surface area contributed by atoms with Gasteiger partial charge in [0.25, 0.3) is 0 Å². The molecule has 2 aromatic rings. The summed E-state index contributed by atoms with van der Waals surface area (Å²) >= 11 is 0. The molecule has 0 bridgehead atoms. The molecular weight excluding hydrogens is 266 g/mol. The summed E-state index contributed by atoms with van der Waals surface area (Å²) in [7, 11) is 0. The fourth-order valence-corrected chi connectivity index (χ4v) is 2.98. The summed E-state index contributed by atoms with van der Waals surface area (Å²) in [6, 6.07) is 7.27. The van der Waals surface area contributed by atoms with Crippen LogP contribution in [-0.2, 0) is 13.0 Å². The molecule has 1 unspecified atom stereocenters. The summed E-state index contributed by atoms with van der Waals surface area (Å²) in [5, 5.41) is 9.04. The van der Waals surface area contributed by atoms with E-state index in [0.29, 0.717) is 11.5 Å². The van der Waals surface area contributed by atoms with Crippen LogP contribution in [0.15, 0.2) is 36.7 Å². The molecule has 1 aromatic carbocycles. The number of aromatic nitrogens is 2. The predicted octanol–water partition coefficient (Wildman–Crippen LogP) is 2.17. The van der Waals surface area contributed by atoms with Crippen molar-refractivity contribution in [2.24, 2.45) is 5.92 Å². The lowest BCUT2D eigenvalue weighted by atomic mass is 9.97. The van der Waals surface area contributed by atoms with Gasteiger partial charge in [0.05, 0.1) is 12.1 Å². The van der Waals surface area contributed by atoms with Gasteiger partial charge in [-0.3, -0.25) is 4.90 Å². The molecule has 0 saturated carbocycles. The monoisotopic (exact) mass is 285 g/mol. The van der Waals surface area contributed by atoms with E-state index < -0.39 is 5.97 Å². The highest BCUT2D eigenvalue weighted by Crippen LogP contribution is 2.22. The zero-order chi connectivity index (χ0) is 14.7. The van der Waals surface area contributed by atoms with Crippen molar-refractivity contribution >= 4 is 5.97 Å². The maximum Gasteiger partial charge on any atom is 0.335 e. The molecule has 5 nitrogen and oxygen atoms in total. The number of nitrogens with one attached hydrogen (secondary N) is 1. The van der Waals surface area contributed by atoms with Gasteiger partial charge in [-0.1, -0.05) is 12.1 Å². The minimum Gasteiger partial charge on any atom is -0.478 e. The molecule has 1 fully saturated rings. The van der Waals surface area contributed by atoms with Crippen LogP contribution in [0.1, 0.15) is 28.2 Å². The van der Waals surface area contributed by atoms with Crippen LogP contribution in [0.4, 0.5) is 0 Å². The van der Waals surface area contributed by atoms with Gasteiger partial charge in [0.1, 0.15) is 5.82 Å². The average Bonchev–Trinajstić information content (AvgIpc) is 3.12. The van der Waals surface area contributed by atoms with Gasteiger partial charge >= 0.3 is 5.97 Å². The highest BCUT2D eigenvalue weighted by Gasteiger charge is 2.23. The molecular formula is C16H19N3O2. The Morgan fingerprint density at radius 1 is 1.48 bits per heavy atom. The smallest absolute Gasteiger partial charge is 0.335 e. The summed E-state index contributed by atoms with van der Waals surface area (Å²) in [6.07, 6.45) is 5.72. The van der Waals surface area contributed by atoms with Gasteiger partial charge in [-0.15, -0.1) is 0 Å². The lowest BCUT2D eigenvalue weighted by Crippen LogP contribution is -2.21. The third-order valence-electron chi connectivity index (χ3n) is 4.00. The van der Waals surface area contributed by atoms with E-state index in [4.69, 9.17) is 5.11 Å². The topological polar surface area (TPSA) is 69.2 Å². The normalized spacial score (nSPS) is 19.0. The van der Waals surface area contributed by atoms with Crippen LogP contribution in [0.3, 0.4) is 0 Å². The first kappa shape index (κ1) is 13.8. The van der Waals surface area contributed by atoms with Crippen LogP contribution in [-0.4, -0.2) is 39.0 Å². The van der Waals surface area contributed by atoms with Gasteiger partial charge in [0.15, 0.2) is 0 Å². The summed E-state index contributed by atoms with van der Waals surface area (Å²) in [5.74, 6) is 0.732. The standard InChI is InChI=1S/C16H19N3O2/c20-16(21)14-3-1-2-12(9-14)8-13-4-7-19(10-13)11-15-17-5-6-18-15/h1-3,5-6,9,13H,4,7-8,10-11H2,(H,17,18)(H,20,21). The van der Waals surface area contributed by atoms with Gasteiger partial charge in [-0.2, -0.15) is 0 Å². The van der Waals surface area contributed by atoms with Gasteiger partial charge in [0.2, 0.25) is 0 Å². The Balaban J connectivity index is 1.57. The van der Waals surface area contributed by atoms with E-state index in [0.717, 1.165) is 43.9 Å². The van der Waals surface area contributed by atoms with E-state index in [2.05, 4.69) is 14.9 Å². The minimum atomic E-state index is -0.859. The van der Waals surface area contributed by atoms with Crippen LogP contribution in [0.25, 0.3) is 0 Å². The van der Waals surface area contributed by atoms with Crippen molar-refractivity contribution in [2.45, 2.75) is 19.4 Å². The summed E-state index contributed by atoms with van der Waals surface area (Å²) in [4.78, 5) is 20.8. The molecule has 5 heteroatoms. The lowest BCUT2D eigenvalue weighted by molar-refractivity contribution is 0.0696. The van der Waals surface area contributed by atoms with Gasteiger partial charge < -0.3 is 10.1 Å². The Hall–Kier alpha value is -2.14. The van der Waals surface area contributed by atoms with E-state index in [1.165, 1.54) is 0 Å². The van der Waals surface area contributed by atoms with Gasteiger partial charge in [0, 0.05) is 18.9 Å². The van der Waals surface area contributed by atoms with E-state index >= 15 is 0 Å². The minimum absolute atomic E-state index is 0.373. The lowest BCUT2D eigenvalue weighted by Gasteiger charge is -2.14. The van der Waals surface area contributed by atoms with Crippen molar-refractivity contribution in [3.63, 3.8) is 0 Å². The molecule has 0 radical (unpaired) electrons. The number of imidazole rings is 1. The van der Waals surface area contributed by atoms with Crippen LogP contribution in [0.5, 0.6) is 0 Å². The molecule has 1 aliphatic rings. The van der Waals surface area contributed by atoms with Crippen LogP contribution in [0, 0.1) is 5.92 Å². The molecule has 1 atom stereocenters. The number of hydrogen-bond donors (Lipinski definition) is 2. The first-order chi connectivity index (χ1) is 10.2. The highest BCUT2D eigenvalue weighted by molar-refractivity contribution is 5.87. The molecule has 1 aromatic heterocycles. The van der Waals surface area contributed by atoms with Crippen molar-refractivity contribution < 1.29 is 9.90 Å². The average molecular weight is 285 g/mol. The Bertz CT molecular complexity index is 610. The molecule has 21 heavy (non-hydrogen) atoms. The number of nitrogens with zero attached hydrogens (tertiary/aromatic N) is 2. The van der Waals surface area contributed by atoms with E-state index in [1.807, 2.05) is 18.3 Å². The second-order valence-electron chi connectivity index (χ2n) is 5.64. The Labute approximate surface area is 123 Å². The van der Waals surface area contributed by atoms with Crippen molar-refractivity contribution in [1.29, 1.82) is 0 Å². The number of likely N-dealkylation sites (tertiary alicyclic amines) is 1. The van der Waals surface area contributed by atoms with Crippen molar-refractivity contribution in [3.8, 4) is 0 Å². The number of rotatable bonds is 5. The maximum absolute atomic E-state index is 11.0. The summed E-state index contributed by atoms with van der Waals surface area (Å²) in [6.45, 7) is 2.97. The Kier molecular flexibility index (Phi) is 4.01. The fourth-order valence-electron chi connectivity index (χ4n) is 2.98. The van der Waals surface area contributed by atoms with Crippen LogP contribution in [0.2, 0.25) is 0 Å². The number of benzene rings is 1. The van der Waals surface area contributed by atoms with Crippen molar-refractivity contribution in [2.75, 3.05) is 13.1 Å². The molecule has 2 N–H and O–H groups in total. The van der Waals surface area contributed by atoms with Crippen LogP contribution >= 0.6 is 0 Å². The third-order valence-corrected chi connectivity index (χ3v) is 4.00. The zero-order valence-electron chi connectivity index (χ0n) is 11.8. The summed E-state index contributed by atoms with van der Waals surface area (Å²) in [5.41, 5.74) is 1.48. The first-order valence-electron chi connectivity index (χ1n) is 7.23. The Morgan fingerprint density at radius 3 is 3.14 bits per heavy atom. The molecule has 110 valence electrons. The Morgan fingerprint density at radius 2 is 2.38 bits per heavy atom. The number of aromatic amines is 1. The molecule has 0 spiro atoms. The molecule has 1 aliphatic heterocycles. The second-order valence-corrected chi connectivity index (χ2v) is 5.64. The fraction of sp³-hybridized carbons (Fsp3) is 0.375. The molecule has 0 amide bonds. The first-order valence-corrected chi connectivity index (χ1v) is 7.23. The quantitative estimate of drug-likeness (QED) is 0.883. The zero-order valence-corrected chi connectivity index (χ0v) is 11.8. The number of carboxylic acids is 1. The summed E-state index contributed by atoms with van der Waals surface area (Å²) < 4.78 is 0.